The lowest BCUT2D eigenvalue weighted by Crippen LogP contribution is -2.61. The highest BCUT2D eigenvalue weighted by atomic mass is 16.7. The van der Waals surface area contributed by atoms with Gasteiger partial charge >= 0.3 is 0 Å². The van der Waals surface area contributed by atoms with E-state index in [0.29, 0.717) is 13.0 Å². The molecule has 0 aliphatic carbocycles. The van der Waals surface area contributed by atoms with Crippen molar-refractivity contribution in [2.45, 2.75) is 74.8 Å². The summed E-state index contributed by atoms with van der Waals surface area (Å²) >= 11 is 0. The lowest BCUT2D eigenvalue weighted by atomic mass is 9.98. The fourth-order valence-corrected chi connectivity index (χ4v) is 2.99. The second-order valence-corrected chi connectivity index (χ2v) is 6.58. The number of hydrogen-bond donors (Lipinski definition) is 7. The van der Waals surface area contributed by atoms with Crippen LogP contribution in [0.4, 0.5) is 0 Å². The number of quaternary nitrogens is 1. The smallest absolute Gasteiger partial charge is 0.187 e. The van der Waals surface area contributed by atoms with Crippen molar-refractivity contribution < 1.29 is 55.3 Å². The van der Waals surface area contributed by atoms with Gasteiger partial charge in [0.05, 0.1) is 25.9 Å². The molecular formula is C15H30NO10+. The summed E-state index contributed by atoms with van der Waals surface area (Å²) in [6.07, 6.45) is -12.2. The standard InChI is InChI=1S/C15H29NO10/c1-6(18)12-9(20)10(21)15(25-12)26-13-8(19)7(5-17)24-14(11(13)22)23-4-2-3-16/h6-15,17-22H,2-5,16H2,1H3/p+1/t6?,7-,8-,9+,10+,11+,12-,13+,14-,15-/m1/s1. The van der Waals surface area contributed by atoms with Crippen molar-refractivity contribution >= 4 is 0 Å². The summed E-state index contributed by atoms with van der Waals surface area (Å²) in [7, 11) is 0. The molecule has 0 bridgehead atoms. The van der Waals surface area contributed by atoms with E-state index in [0.717, 1.165) is 0 Å². The first kappa shape index (κ1) is 21.9. The molecule has 0 radical (unpaired) electrons. The third-order valence-corrected chi connectivity index (χ3v) is 4.52. The van der Waals surface area contributed by atoms with Crippen LogP contribution >= 0.6 is 0 Å². The number of aliphatic hydroxyl groups excluding tert-OH is 6. The van der Waals surface area contributed by atoms with Gasteiger partial charge in [-0.1, -0.05) is 0 Å². The van der Waals surface area contributed by atoms with Crippen LogP contribution in [0.2, 0.25) is 0 Å². The average molecular weight is 384 g/mol. The van der Waals surface area contributed by atoms with E-state index in [1.807, 2.05) is 0 Å². The Balaban J connectivity index is 2.07. The van der Waals surface area contributed by atoms with Crippen LogP contribution in [-0.2, 0) is 18.9 Å². The third kappa shape index (κ3) is 4.69. The van der Waals surface area contributed by atoms with Crippen molar-refractivity contribution in [1.29, 1.82) is 0 Å². The van der Waals surface area contributed by atoms with E-state index in [1.165, 1.54) is 6.92 Å². The fraction of sp³-hybridized carbons (Fsp3) is 1.00. The quantitative estimate of drug-likeness (QED) is 0.200. The highest BCUT2D eigenvalue weighted by Gasteiger charge is 2.51. The number of hydrogen-bond acceptors (Lipinski definition) is 10. The minimum absolute atomic E-state index is 0.248. The summed E-state index contributed by atoms with van der Waals surface area (Å²) in [4.78, 5) is 0. The van der Waals surface area contributed by atoms with Crippen molar-refractivity contribution in [2.24, 2.45) is 0 Å². The second-order valence-electron chi connectivity index (χ2n) is 6.58. The number of ether oxygens (including phenoxy) is 4. The molecule has 0 aromatic rings. The minimum Gasteiger partial charge on any atom is -0.394 e. The van der Waals surface area contributed by atoms with E-state index < -0.39 is 68.0 Å². The van der Waals surface area contributed by atoms with Crippen LogP contribution in [0.25, 0.3) is 0 Å². The van der Waals surface area contributed by atoms with Crippen LogP contribution < -0.4 is 5.73 Å². The number of aliphatic hydroxyl groups is 6. The maximum absolute atomic E-state index is 10.4. The zero-order valence-electron chi connectivity index (χ0n) is 14.6. The Morgan fingerprint density at radius 1 is 1.00 bits per heavy atom. The van der Waals surface area contributed by atoms with E-state index in [2.05, 4.69) is 5.73 Å². The molecule has 10 atom stereocenters. The van der Waals surface area contributed by atoms with Gasteiger partial charge in [0.2, 0.25) is 0 Å². The van der Waals surface area contributed by atoms with E-state index in [4.69, 9.17) is 18.9 Å². The van der Waals surface area contributed by atoms with Gasteiger partial charge in [-0.15, -0.1) is 0 Å². The van der Waals surface area contributed by atoms with Gasteiger partial charge in [0.1, 0.15) is 42.7 Å². The molecule has 2 aliphatic rings. The third-order valence-electron chi connectivity index (χ3n) is 4.52. The van der Waals surface area contributed by atoms with Gasteiger partial charge in [-0.05, 0) is 6.92 Å². The molecule has 2 fully saturated rings. The molecule has 2 saturated heterocycles. The molecule has 2 heterocycles. The molecule has 154 valence electrons. The topological polar surface area (TPSA) is 186 Å². The first-order valence-corrected chi connectivity index (χ1v) is 8.70. The molecule has 9 N–H and O–H groups in total. The lowest BCUT2D eigenvalue weighted by molar-refractivity contribution is -0.372. The Hall–Kier alpha value is -0.440. The highest BCUT2D eigenvalue weighted by Crippen LogP contribution is 2.30. The van der Waals surface area contributed by atoms with Crippen molar-refractivity contribution in [2.75, 3.05) is 19.8 Å². The molecule has 1 unspecified atom stereocenters. The van der Waals surface area contributed by atoms with Gasteiger partial charge in [-0.2, -0.15) is 0 Å². The van der Waals surface area contributed by atoms with Crippen LogP contribution in [0.5, 0.6) is 0 Å². The molecule has 26 heavy (non-hydrogen) atoms. The van der Waals surface area contributed by atoms with Crippen molar-refractivity contribution in [3.05, 3.63) is 0 Å². The Bertz CT molecular complexity index is 427. The predicted molar refractivity (Wildman–Crippen MR) is 83.3 cm³/mol. The van der Waals surface area contributed by atoms with Crippen molar-refractivity contribution in [3.8, 4) is 0 Å². The van der Waals surface area contributed by atoms with Gasteiger partial charge in [0.25, 0.3) is 0 Å². The van der Waals surface area contributed by atoms with Crippen molar-refractivity contribution in [1.82, 2.24) is 0 Å². The summed E-state index contributed by atoms with van der Waals surface area (Å²) in [5, 5.41) is 59.6. The first-order valence-electron chi connectivity index (χ1n) is 8.70. The molecule has 11 heteroatoms. The number of rotatable bonds is 8. The van der Waals surface area contributed by atoms with Gasteiger partial charge < -0.3 is 55.3 Å². The summed E-state index contributed by atoms with van der Waals surface area (Å²) in [6, 6.07) is 0. The van der Waals surface area contributed by atoms with Crippen molar-refractivity contribution in [3.63, 3.8) is 0 Å². The van der Waals surface area contributed by atoms with Crippen LogP contribution in [-0.4, -0.2) is 112 Å². The summed E-state index contributed by atoms with van der Waals surface area (Å²) < 4.78 is 21.5. The molecule has 0 aromatic carbocycles. The normalized spacial score (nSPS) is 45.0. The second kappa shape index (κ2) is 9.66. The van der Waals surface area contributed by atoms with Gasteiger partial charge in [0, 0.05) is 6.42 Å². The van der Waals surface area contributed by atoms with Gasteiger partial charge in [-0.25, -0.2) is 0 Å². The fourth-order valence-electron chi connectivity index (χ4n) is 2.99. The van der Waals surface area contributed by atoms with E-state index in [9.17, 15) is 30.6 Å². The molecule has 2 rings (SSSR count). The van der Waals surface area contributed by atoms with Crippen LogP contribution in [0.3, 0.4) is 0 Å². The average Bonchev–Trinajstić information content (AvgIpc) is 2.89. The van der Waals surface area contributed by atoms with Crippen LogP contribution in [0.1, 0.15) is 13.3 Å². The van der Waals surface area contributed by atoms with E-state index >= 15 is 0 Å². The molecular weight excluding hydrogens is 354 g/mol. The Kier molecular flexibility index (Phi) is 8.12. The minimum atomic E-state index is -1.49. The Morgan fingerprint density at radius 2 is 1.69 bits per heavy atom. The van der Waals surface area contributed by atoms with Crippen LogP contribution in [0, 0.1) is 0 Å². The largest absolute Gasteiger partial charge is 0.394 e. The summed E-state index contributed by atoms with van der Waals surface area (Å²) in [5.74, 6) is 0. The molecule has 2 aliphatic heterocycles. The molecule has 0 aromatic heterocycles. The monoisotopic (exact) mass is 384 g/mol. The Morgan fingerprint density at radius 3 is 2.23 bits per heavy atom. The molecule has 0 spiro atoms. The van der Waals surface area contributed by atoms with Crippen LogP contribution in [0.15, 0.2) is 0 Å². The summed E-state index contributed by atoms with van der Waals surface area (Å²) in [5.41, 5.74) is 3.67. The first-order chi connectivity index (χ1) is 12.3. The lowest BCUT2D eigenvalue weighted by Gasteiger charge is -2.42. The maximum Gasteiger partial charge on any atom is 0.187 e. The SMILES string of the molecule is CC(O)[C@H]1O[C@H](O[C@@H]2[C@H](O)[C@H](OCCC[NH3+])O[C@H](CO)[C@H]2O)[C@@H](O)[C@@H]1O. The molecule has 11 nitrogen and oxygen atoms in total. The molecule has 0 saturated carbocycles. The predicted octanol–water partition coefficient (Wildman–Crippen LogP) is -4.71. The summed E-state index contributed by atoms with van der Waals surface area (Å²) in [6.45, 7) is 1.71. The zero-order chi connectivity index (χ0) is 19.4. The van der Waals surface area contributed by atoms with E-state index in [1.54, 1.807) is 0 Å². The maximum atomic E-state index is 10.4. The zero-order valence-corrected chi connectivity index (χ0v) is 14.6. The molecule has 0 amide bonds. The Labute approximate surface area is 150 Å². The van der Waals surface area contributed by atoms with Gasteiger partial charge in [0.15, 0.2) is 12.6 Å². The van der Waals surface area contributed by atoms with Gasteiger partial charge in [-0.3, -0.25) is 0 Å². The van der Waals surface area contributed by atoms with E-state index in [-0.39, 0.29) is 6.61 Å². The highest BCUT2D eigenvalue weighted by molar-refractivity contribution is 4.94.